The number of hydrogen-bond donors (Lipinski definition) is 1. The molecule has 7 heteroatoms. The Balaban J connectivity index is 1.66. The molecule has 0 bridgehead atoms. The third-order valence-electron chi connectivity index (χ3n) is 4.27. The molecule has 0 aliphatic carbocycles. The van der Waals surface area contributed by atoms with Crippen LogP contribution < -0.4 is 5.32 Å². The average Bonchev–Trinajstić information content (AvgIpc) is 3.04. The maximum Gasteiger partial charge on any atom is 0.254 e. The number of nitrogens with zero attached hydrogens (tertiary/aromatic N) is 4. The van der Waals surface area contributed by atoms with Gasteiger partial charge in [-0.2, -0.15) is 9.49 Å². The van der Waals surface area contributed by atoms with Crippen molar-refractivity contribution < 1.29 is 9.18 Å². The van der Waals surface area contributed by atoms with E-state index in [0.29, 0.717) is 36.3 Å². The number of carbonyl (C=O) groups is 1. The van der Waals surface area contributed by atoms with E-state index in [2.05, 4.69) is 20.4 Å². The fraction of sp³-hybridized carbons (Fsp3) is 0.222. The second kappa shape index (κ2) is 6.08. The summed E-state index contributed by atoms with van der Waals surface area (Å²) < 4.78 is 15.0. The average molecular weight is 337 g/mol. The molecule has 4 rings (SSSR count). The number of halogens is 1. The van der Waals surface area contributed by atoms with Gasteiger partial charge in [-0.05, 0) is 42.7 Å². The van der Waals surface area contributed by atoms with E-state index in [9.17, 15) is 9.18 Å². The number of nitrogens with one attached hydrogen (secondary N) is 1. The highest BCUT2D eigenvalue weighted by molar-refractivity contribution is 5.96. The van der Waals surface area contributed by atoms with Crippen LogP contribution in [0.1, 0.15) is 32.7 Å². The van der Waals surface area contributed by atoms with Crippen molar-refractivity contribution >= 4 is 5.91 Å². The van der Waals surface area contributed by atoms with Crippen molar-refractivity contribution in [1.29, 1.82) is 0 Å². The molecule has 0 saturated carbocycles. The largest absolute Gasteiger partial charge is 0.352 e. The van der Waals surface area contributed by atoms with Gasteiger partial charge in [0.25, 0.3) is 5.91 Å². The molecule has 1 aliphatic rings. The van der Waals surface area contributed by atoms with E-state index < -0.39 is 5.95 Å². The highest BCUT2D eigenvalue weighted by Crippen LogP contribution is 2.19. The zero-order chi connectivity index (χ0) is 17.4. The molecule has 0 unspecified atom stereocenters. The summed E-state index contributed by atoms with van der Waals surface area (Å²) in [7, 11) is 0. The van der Waals surface area contributed by atoms with Crippen LogP contribution in [0.3, 0.4) is 0 Å². The lowest BCUT2D eigenvalue weighted by Gasteiger charge is -2.14. The van der Waals surface area contributed by atoms with Crippen LogP contribution in [-0.2, 0) is 12.8 Å². The molecular formula is C18H16FN5O. The van der Waals surface area contributed by atoms with Crippen LogP contribution in [0.2, 0.25) is 0 Å². The van der Waals surface area contributed by atoms with Gasteiger partial charge in [-0.15, -0.1) is 0 Å². The predicted molar refractivity (Wildman–Crippen MR) is 89.1 cm³/mol. The molecule has 25 heavy (non-hydrogen) atoms. The van der Waals surface area contributed by atoms with Crippen LogP contribution in [0.15, 0.2) is 36.8 Å². The Kier molecular flexibility index (Phi) is 3.76. The van der Waals surface area contributed by atoms with Crippen LogP contribution in [-0.4, -0.2) is 32.2 Å². The zero-order valence-electron chi connectivity index (χ0n) is 13.7. The summed E-state index contributed by atoms with van der Waals surface area (Å²) in [6.07, 6.45) is 6.17. The molecule has 1 N–H and O–H groups in total. The van der Waals surface area contributed by atoms with Gasteiger partial charge in [0, 0.05) is 30.9 Å². The monoisotopic (exact) mass is 337 g/mol. The third-order valence-corrected chi connectivity index (χ3v) is 4.27. The number of amides is 1. The number of aryl methyl sites for hydroxylation is 1. The first-order valence-electron chi connectivity index (χ1n) is 8.03. The van der Waals surface area contributed by atoms with E-state index in [1.807, 2.05) is 12.1 Å². The first-order chi connectivity index (χ1) is 12.1. The van der Waals surface area contributed by atoms with Gasteiger partial charge in [-0.25, -0.2) is 14.6 Å². The maximum atomic E-state index is 13.3. The molecule has 0 aromatic carbocycles. The molecule has 3 aromatic rings. The standard InChI is InChI=1S/C18H16FN5O/c1-11-6-13(9-22-17(11)19)7-12-2-4-20-16(8-12)24-15-3-5-21-18(25)14(15)10-23-24/h2,4,6,8-10H,3,5,7H2,1H3,(H,21,25). The predicted octanol–water partition coefficient (Wildman–Crippen LogP) is 1.99. The van der Waals surface area contributed by atoms with Crippen molar-refractivity contribution in [2.75, 3.05) is 6.54 Å². The van der Waals surface area contributed by atoms with Crippen LogP contribution in [0.25, 0.3) is 5.82 Å². The van der Waals surface area contributed by atoms with Crippen LogP contribution in [0.4, 0.5) is 4.39 Å². The molecule has 0 atom stereocenters. The summed E-state index contributed by atoms with van der Waals surface area (Å²) in [6.45, 7) is 2.29. The quantitative estimate of drug-likeness (QED) is 0.742. The second-order valence-electron chi connectivity index (χ2n) is 6.07. The Labute approximate surface area is 143 Å². The summed E-state index contributed by atoms with van der Waals surface area (Å²) in [5, 5.41) is 7.13. The van der Waals surface area contributed by atoms with Crippen LogP contribution in [0, 0.1) is 12.9 Å². The molecule has 1 amide bonds. The van der Waals surface area contributed by atoms with Gasteiger partial charge in [0.05, 0.1) is 17.5 Å². The summed E-state index contributed by atoms with van der Waals surface area (Å²) in [5.74, 6) is 0.123. The van der Waals surface area contributed by atoms with Crippen molar-refractivity contribution in [3.63, 3.8) is 0 Å². The molecule has 0 fully saturated rings. The highest BCUT2D eigenvalue weighted by atomic mass is 19.1. The van der Waals surface area contributed by atoms with Crippen molar-refractivity contribution in [2.24, 2.45) is 0 Å². The van der Waals surface area contributed by atoms with Gasteiger partial charge in [0.1, 0.15) is 0 Å². The zero-order valence-corrected chi connectivity index (χ0v) is 13.7. The first kappa shape index (κ1) is 15.4. The van der Waals surface area contributed by atoms with E-state index in [0.717, 1.165) is 16.8 Å². The van der Waals surface area contributed by atoms with Gasteiger partial charge in [0.15, 0.2) is 5.82 Å². The first-order valence-corrected chi connectivity index (χ1v) is 8.03. The Morgan fingerprint density at radius 3 is 2.96 bits per heavy atom. The van der Waals surface area contributed by atoms with Gasteiger partial charge < -0.3 is 5.32 Å². The van der Waals surface area contributed by atoms with Crippen molar-refractivity contribution in [3.8, 4) is 5.82 Å². The van der Waals surface area contributed by atoms with Gasteiger partial charge >= 0.3 is 0 Å². The summed E-state index contributed by atoms with van der Waals surface area (Å²) >= 11 is 0. The number of fused-ring (bicyclic) bond motifs is 1. The maximum absolute atomic E-state index is 13.3. The topological polar surface area (TPSA) is 72.7 Å². The fourth-order valence-corrected chi connectivity index (χ4v) is 3.03. The molecule has 3 aromatic heterocycles. The Morgan fingerprint density at radius 1 is 1.24 bits per heavy atom. The summed E-state index contributed by atoms with van der Waals surface area (Å²) in [5.41, 5.74) is 3.93. The van der Waals surface area contributed by atoms with Crippen molar-refractivity contribution in [3.05, 3.63) is 70.7 Å². The van der Waals surface area contributed by atoms with Crippen molar-refractivity contribution in [2.45, 2.75) is 19.8 Å². The van der Waals surface area contributed by atoms with Crippen molar-refractivity contribution in [1.82, 2.24) is 25.1 Å². The smallest absolute Gasteiger partial charge is 0.254 e. The van der Waals surface area contributed by atoms with Gasteiger partial charge in [-0.1, -0.05) is 0 Å². The number of rotatable bonds is 3. The lowest BCUT2D eigenvalue weighted by atomic mass is 10.1. The number of pyridine rings is 2. The van der Waals surface area contributed by atoms with E-state index in [1.54, 1.807) is 36.3 Å². The number of aromatic nitrogens is 4. The number of hydrogen-bond acceptors (Lipinski definition) is 4. The third kappa shape index (κ3) is 2.88. The van der Waals surface area contributed by atoms with E-state index in [-0.39, 0.29) is 5.91 Å². The summed E-state index contributed by atoms with van der Waals surface area (Å²) in [6, 6.07) is 5.63. The number of carbonyl (C=O) groups excluding carboxylic acids is 1. The molecule has 0 spiro atoms. The Morgan fingerprint density at radius 2 is 2.12 bits per heavy atom. The summed E-state index contributed by atoms with van der Waals surface area (Å²) in [4.78, 5) is 20.0. The molecule has 126 valence electrons. The lowest BCUT2D eigenvalue weighted by Crippen LogP contribution is -2.32. The Bertz CT molecular complexity index is 966. The minimum absolute atomic E-state index is 0.100. The van der Waals surface area contributed by atoms with E-state index in [4.69, 9.17) is 0 Å². The van der Waals surface area contributed by atoms with Crippen LogP contribution >= 0.6 is 0 Å². The lowest BCUT2D eigenvalue weighted by molar-refractivity contribution is 0.0945. The second-order valence-corrected chi connectivity index (χ2v) is 6.07. The molecule has 0 saturated heterocycles. The Hall–Kier alpha value is -3.09. The minimum Gasteiger partial charge on any atom is -0.352 e. The van der Waals surface area contributed by atoms with Crippen LogP contribution in [0.5, 0.6) is 0 Å². The molecular weight excluding hydrogens is 321 g/mol. The molecule has 6 nitrogen and oxygen atoms in total. The van der Waals surface area contributed by atoms with E-state index in [1.165, 1.54) is 0 Å². The molecule has 0 radical (unpaired) electrons. The fourth-order valence-electron chi connectivity index (χ4n) is 3.03. The minimum atomic E-state index is -0.444. The van der Waals surface area contributed by atoms with Gasteiger partial charge in [0.2, 0.25) is 5.95 Å². The highest BCUT2D eigenvalue weighted by Gasteiger charge is 2.22. The molecule has 1 aliphatic heterocycles. The SMILES string of the molecule is Cc1cc(Cc2ccnc(-n3ncc4c3CCNC4=O)c2)cnc1F. The van der Waals surface area contributed by atoms with E-state index >= 15 is 0 Å². The normalized spacial score (nSPS) is 13.4. The van der Waals surface area contributed by atoms with Gasteiger partial charge in [-0.3, -0.25) is 4.79 Å². The molecule has 4 heterocycles.